The molecule has 0 heterocycles. The molecular weight excluding hydrogens is 116 g/mol. The molecular formula is C7H12O2. The van der Waals surface area contributed by atoms with Crippen LogP contribution in [0.25, 0.3) is 0 Å². The molecule has 2 heteroatoms. The molecule has 0 rings (SSSR count). The van der Waals surface area contributed by atoms with Crippen LogP contribution in [0.1, 0.15) is 13.3 Å². The number of Topliss-reactive ketones (excluding diaryl/α,β-unsaturated/α-hetero) is 1. The molecule has 52 valence electrons. The summed E-state index contributed by atoms with van der Waals surface area (Å²) in [4.78, 5) is 10.6. The van der Waals surface area contributed by atoms with Crippen LogP contribution >= 0.6 is 0 Å². The molecule has 0 aliphatic rings. The Balaban J connectivity index is 3.16. The molecule has 2 nitrogen and oxygen atoms in total. The van der Waals surface area contributed by atoms with Gasteiger partial charge in [-0.05, 0) is 6.92 Å². The van der Waals surface area contributed by atoms with Crippen LogP contribution in [-0.4, -0.2) is 19.0 Å². The van der Waals surface area contributed by atoms with Crippen molar-refractivity contribution >= 4 is 5.78 Å². The second kappa shape index (κ2) is 5.51. The number of allylic oxidation sites excluding steroid dienone is 1. The quantitative estimate of drug-likeness (QED) is 0.519. The number of carbonyl (C=O) groups is 1. The van der Waals surface area contributed by atoms with Crippen molar-refractivity contribution < 1.29 is 9.53 Å². The molecule has 0 aromatic carbocycles. The summed E-state index contributed by atoms with van der Waals surface area (Å²) in [5.41, 5.74) is 0. The number of ketones is 1. The van der Waals surface area contributed by atoms with Gasteiger partial charge in [0.2, 0.25) is 0 Å². The Morgan fingerprint density at radius 3 is 2.89 bits per heavy atom. The van der Waals surface area contributed by atoms with Gasteiger partial charge in [0.1, 0.15) is 6.61 Å². The zero-order valence-electron chi connectivity index (χ0n) is 5.72. The van der Waals surface area contributed by atoms with Gasteiger partial charge >= 0.3 is 0 Å². The third-order valence-corrected chi connectivity index (χ3v) is 0.839. The lowest BCUT2D eigenvalue weighted by Gasteiger charge is -1.95. The van der Waals surface area contributed by atoms with E-state index < -0.39 is 0 Å². The van der Waals surface area contributed by atoms with E-state index in [4.69, 9.17) is 4.74 Å². The standard InChI is InChI=1S/C7H12O2/c1-3-5-7(8)6-9-4-2/h3H,1,4-6H2,2H3. The topological polar surface area (TPSA) is 26.3 Å². The summed E-state index contributed by atoms with van der Waals surface area (Å²) in [6.07, 6.45) is 2.00. The van der Waals surface area contributed by atoms with Gasteiger partial charge in [0, 0.05) is 13.0 Å². The van der Waals surface area contributed by atoms with Crippen LogP contribution < -0.4 is 0 Å². The van der Waals surface area contributed by atoms with E-state index in [0.29, 0.717) is 13.0 Å². The Morgan fingerprint density at radius 2 is 2.44 bits per heavy atom. The maximum absolute atomic E-state index is 10.6. The molecule has 0 aliphatic heterocycles. The number of hydrogen-bond acceptors (Lipinski definition) is 2. The molecule has 9 heavy (non-hydrogen) atoms. The van der Waals surface area contributed by atoms with E-state index in [1.807, 2.05) is 6.92 Å². The minimum atomic E-state index is 0.0897. The van der Waals surface area contributed by atoms with Gasteiger partial charge < -0.3 is 4.74 Å². The summed E-state index contributed by atoms with van der Waals surface area (Å²) in [7, 11) is 0. The zero-order valence-corrected chi connectivity index (χ0v) is 5.72. The Labute approximate surface area is 55.5 Å². The molecule has 0 aliphatic carbocycles. The predicted molar refractivity (Wildman–Crippen MR) is 36.3 cm³/mol. The Kier molecular flexibility index (Phi) is 5.12. The monoisotopic (exact) mass is 128 g/mol. The summed E-state index contributed by atoms with van der Waals surface area (Å²) >= 11 is 0. The first-order chi connectivity index (χ1) is 4.31. The highest BCUT2D eigenvalue weighted by Gasteiger charge is 1.95. The SMILES string of the molecule is C=CCC(=O)COCC. The van der Waals surface area contributed by atoms with Crippen molar-refractivity contribution in [2.45, 2.75) is 13.3 Å². The Bertz CT molecular complexity index is 97.1. The van der Waals surface area contributed by atoms with E-state index >= 15 is 0 Å². The van der Waals surface area contributed by atoms with Crippen molar-refractivity contribution in [2.24, 2.45) is 0 Å². The van der Waals surface area contributed by atoms with E-state index in [9.17, 15) is 4.79 Å². The molecule has 0 radical (unpaired) electrons. The van der Waals surface area contributed by atoms with Crippen molar-refractivity contribution in [3.05, 3.63) is 12.7 Å². The lowest BCUT2D eigenvalue weighted by Crippen LogP contribution is -2.06. The van der Waals surface area contributed by atoms with E-state index in [1.165, 1.54) is 0 Å². The van der Waals surface area contributed by atoms with Crippen molar-refractivity contribution in [1.29, 1.82) is 0 Å². The normalized spacial score (nSPS) is 9.00. The van der Waals surface area contributed by atoms with E-state index in [2.05, 4.69) is 6.58 Å². The van der Waals surface area contributed by atoms with Gasteiger partial charge in [-0.25, -0.2) is 0 Å². The molecule has 0 saturated heterocycles. The van der Waals surface area contributed by atoms with Crippen LogP contribution in [0.3, 0.4) is 0 Å². The van der Waals surface area contributed by atoms with E-state index in [-0.39, 0.29) is 12.4 Å². The first kappa shape index (κ1) is 8.37. The summed E-state index contributed by atoms with van der Waals surface area (Å²) < 4.78 is 4.85. The van der Waals surface area contributed by atoms with E-state index in [1.54, 1.807) is 6.08 Å². The van der Waals surface area contributed by atoms with Gasteiger partial charge in [0.05, 0.1) is 0 Å². The van der Waals surface area contributed by atoms with Crippen LogP contribution in [0, 0.1) is 0 Å². The third kappa shape index (κ3) is 5.24. The van der Waals surface area contributed by atoms with Crippen LogP contribution in [0.4, 0.5) is 0 Å². The summed E-state index contributed by atoms with van der Waals surface area (Å²) in [6, 6.07) is 0. The Hall–Kier alpha value is -0.630. The van der Waals surface area contributed by atoms with Gasteiger partial charge in [-0.3, -0.25) is 4.79 Å². The van der Waals surface area contributed by atoms with Crippen molar-refractivity contribution in [3.63, 3.8) is 0 Å². The van der Waals surface area contributed by atoms with Gasteiger partial charge in [-0.15, -0.1) is 6.58 Å². The van der Waals surface area contributed by atoms with Crippen molar-refractivity contribution in [1.82, 2.24) is 0 Å². The minimum absolute atomic E-state index is 0.0897. The minimum Gasteiger partial charge on any atom is -0.374 e. The highest BCUT2D eigenvalue weighted by atomic mass is 16.5. The summed E-state index contributed by atoms with van der Waals surface area (Å²) in [6.45, 7) is 6.12. The smallest absolute Gasteiger partial charge is 0.162 e. The third-order valence-electron chi connectivity index (χ3n) is 0.839. The maximum Gasteiger partial charge on any atom is 0.162 e. The van der Waals surface area contributed by atoms with Crippen LogP contribution in [0.5, 0.6) is 0 Å². The Morgan fingerprint density at radius 1 is 1.78 bits per heavy atom. The summed E-state index contributed by atoms with van der Waals surface area (Å²) in [5.74, 6) is 0.0897. The average Bonchev–Trinajstić information content (AvgIpc) is 1.85. The molecule has 0 unspecified atom stereocenters. The molecule has 0 aromatic rings. The number of ether oxygens (including phenoxy) is 1. The van der Waals surface area contributed by atoms with Crippen LogP contribution in [-0.2, 0) is 9.53 Å². The highest BCUT2D eigenvalue weighted by molar-refractivity contribution is 5.80. The molecule has 0 aromatic heterocycles. The van der Waals surface area contributed by atoms with Crippen molar-refractivity contribution in [2.75, 3.05) is 13.2 Å². The van der Waals surface area contributed by atoms with Crippen molar-refractivity contribution in [3.8, 4) is 0 Å². The molecule has 0 saturated carbocycles. The maximum atomic E-state index is 10.6. The predicted octanol–water partition coefficient (Wildman–Crippen LogP) is 1.17. The molecule has 0 atom stereocenters. The number of hydrogen-bond donors (Lipinski definition) is 0. The van der Waals surface area contributed by atoms with E-state index in [0.717, 1.165) is 0 Å². The fourth-order valence-corrected chi connectivity index (χ4v) is 0.436. The lowest BCUT2D eigenvalue weighted by atomic mass is 10.3. The molecule has 0 amide bonds. The first-order valence-corrected chi connectivity index (χ1v) is 3.01. The molecule has 0 fully saturated rings. The first-order valence-electron chi connectivity index (χ1n) is 3.01. The van der Waals surface area contributed by atoms with Crippen LogP contribution in [0.2, 0.25) is 0 Å². The molecule has 0 spiro atoms. The van der Waals surface area contributed by atoms with Gasteiger partial charge in [0.25, 0.3) is 0 Å². The van der Waals surface area contributed by atoms with Crippen LogP contribution in [0.15, 0.2) is 12.7 Å². The summed E-state index contributed by atoms with van der Waals surface area (Å²) in [5, 5.41) is 0. The van der Waals surface area contributed by atoms with Gasteiger partial charge in [-0.1, -0.05) is 6.08 Å². The lowest BCUT2D eigenvalue weighted by molar-refractivity contribution is -0.122. The molecule has 0 bridgehead atoms. The largest absolute Gasteiger partial charge is 0.374 e. The fraction of sp³-hybridized carbons (Fsp3) is 0.571. The number of carbonyl (C=O) groups excluding carboxylic acids is 1. The average molecular weight is 128 g/mol. The fourth-order valence-electron chi connectivity index (χ4n) is 0.436. The zero-order chi connectivity index (χ0) is 7.11. The molecule has 0 N–H and O–H groups in total. The highest BCUT2D eigenvalue weighted by Crippen LogP contribution is 1.84. The number of rotatable bonds is 5. The second-order valence-corrected chi connectivity index (χ2v) is 1.67. The second-order valence-electron chi connectivity index (χ2n) is 1.67. The van der Waals surface area contributed by atoms with Gasteiger partial charge in [-0.2, -0.15) is 0 Å². The van der Waals surface area contributed by atoms with Gasteiger partial charge in [0.15, 0.2) is 5.78 Å².